The molecule has 1 aromatic rings. The lowest BCUT2D eigenvalue weighted by atomic mass is 9.99. The van der Waals surface area contributed by atoms with Gasteiger partial charge in [0, 0.05) is 24.1 Å². The van der Waals surface area contributed by atoms with Crippen LogP contribution in [0.15, 0.2) is 6.07 Å². The summed E-state index contributed by atoms with van der Waals surface area (Å²) in [6.07, 6.45) is 5.21. The van der Waals surface area contributed by atoms with Crippen molar-refractivity contribution >= 4 is 22.9 Å². The summed E-state index contributed by atoms with van der Waals surface area (Å²) in [6.45, 7) is 4.23. The number of rotatable bonds is 4. The molecule has 100 valence electrons. The lowest BCUT2D eigenvalue weighted by Gasteiger charge is -2.20. The van der Waals surface area contributed by atoms with Crippen LogP contribution in [0.25, 0.3) is 0 Å². The van der Waals surface area contributed by atoms with Crippen LogP contribution in [0.4, 0.5) is 0 Å². The summed E-state index contributed by atoms with van der Waals surface area (Å²) in [7, 11) is 0. The second-order valence-electron chi connectivity index (χ2n) is 5.29. The van der Waals surface area contributed by atoms with E-state index in [2.05, 4.69) is 18.3 Å². The van der Waals surface area contributed by atoms with Gasteiger partial charge in [0.1, 0.15) is 0 Å². The molecule has 3 atom stereocenters. The fourth-order valence-corrected chi connectivity index (χ4v) is 4.57. The first-order valence-electron chi connectivity index (χ1n) is 6.91. The Morgan fingerprint density at radius 1 is 1.50 bits per heavy atom. The smallest absolute Gasteiger partial charge is 0.0934 e. The normalized spacial score (nSPS) is 30.9. The van der Waals surface area contributed by atoms with Crippen molar-refractivity contribution < 1.29 is 4.74 Å². The van der Waals surface area contributed by atoms with Crippen molar-refractivity contribution in [1.29, 1.82) is 0 Å². The number of aryl methyl sites for hydroxylation is 1. The molecular weight excluding hydrogens is 266 g/mol. The molecule has 1 aliphatic carbocycles. The standard InChI is InChI=1S/C14H20ClNOS/c1-2-12-9(5-6-17-12)8-16-11-3-4-13-10(11)7-14(15)18-13/h7,9,11-12,16H,2-6,8H2,1H3. The van der Waals surface area contributed by atoms with Crippen molar-refractivity contribution in [3.63, 3.8) is 0 Å². The molecule has 0 saturated carbocycles. The van der Waals surface area contributed by atoms with Gasteiger partial charge in [-0.05, 0) is 43.2 Å². The minimum atomic E-state index is 0.462. The highest BCUT2D eigenvalue weighted by Gasteiger charge is 2.29. The summed E-state index contributed by atoms with van der Waals surface area (Å²) in [4.78, 5) is 1.48. The monoisotopic (exact) mass is 285 g/mol. The highest BCUT2D eigenvalue weighted by Crippen LogP contribution is 2.39. The molecule has 0 radical (unpaired) electrons. The predicted molar refractivity (Wildman–Crippen MR) is 76.5 cm³/mol. The number of nitrogens with one attached hydrogen (secondary N) is 1. The third-order valence-electron chi connectivity index (χ3n) is 4.22. The van der Waals surface area contributed by atoms with Gasteiger partial charge in [0.15, 0.2) is 0 Å². The average molecular weight is 286 g/mol. The van der Waals surface area contributed by atoms with Crippen LogP contribution in [0.1, 0.15) is 42.7 Å². The Hall–Kier alpha value is -0.0900. The van der Waals surface area contributed by atoms with Gasteiger partial charge in [0.05, 0.1) is 10.4 Å². The molecule has 1 saturated heterocycles. The highest BCUT2D eigenvalue weighted by molar-refractivity contribution is 7.16. The van der Waals surface area contributed by atoms with Crippen molar-refractivity contribution in [2.75, 3.05) is 13.2 Å². The fraction of sp³-hybridized carbons (Fsp3) is 0.714. The lowest BCUT2D eigenvalue weighted by Crippen LogP contribution is -2.30. The van der Waals surface area contributed by atoms with E-state index in [0.29, 0.717) is 18.1 Å². The van der Waals surface area contributed by atoms with E-state index in [-0.39, 0.29) is 0 Å². The largest absolute Gasteiger partial charge is 0.378 e. The van der Waals surface area contributed by atoms with E-state index in [9.17, 15) is 0 Å². The minimum Gasteiger partial charge on any atom is -0.378 e. The first-order valence-corrected chi connectivity index (χ1v) is 8.10. The van der Waals surface area contributed by atoms with Crippen LogP contribution in [0, 0.1) is 5.92 Å². The third-order valence-corrected chi connectivity index (χ3v) is 5.56. The average Bonchev–Trinajstić information content (AvgIpc) is 3.01. The van der Waals surface area contributed by atoms with E-state index in [1.807, 2.05) is 0 Å². The number of halogens is 1. The Morgan fingerprint density at radius 3 is 3.22 bits per heavy atom. The third kappa shape index (κ3) is 2.46. The van der Waals surface area contributed by atoms with Gasteiger partial charge in [-0.25, -0.2) is 0 Å². The highest BCUT2D eigenvalue weighted by atomic mass is 35.5. The van der Waals surface area contributed by atoms with Crippen molar-refractivity contribution in [3.8, 4) is 0 Å². The maximum Gasteiger partial charge on any atom is 0.0934 e. The minimum absolute atomic E-state index is 0.462. The molecule has 2 nitrogen and oxygen atoms in total. The second-order valence-corrected chi connectivity index (χ2v) is 7.06. The summed E-state index contributed by atoms with van der Waals surface area (Å²) in [6, 6.07) is 2.66. The van der Waals surface area contributed by atoms with Gasteiger partial charge >= 0.3 is 0 Å². The molecule has 2 heterocycles. The Balaban J connectivity index is 1.58. The molecule has 1 N–H and O–H groups in total. The number of hydrogen-bond donors (Lipinski definition) is 1. The summed E-state index contributed by atoms with van der Waals surface area (Å²) in [5.74, 6) is 0.688. The van der Waals surface area contributed by atoms with Gasteiger partial charge in [0.25, 0.3) is 0 Å². The molecular formula is C14H20ClNOS. The van der Waals surface area contributed by atoms with Gasteiger partial charge in [0.2, 0.25) is 0 Å². The predicted octanol–water partition coefficient (Wildman–Crippen LogP) is 3.79. The Labute approximate surface area is 118 Å². The Morgan fingerprint density at radius 2 is 2.39 bits per heavy atom. The zero-order chi connectivity index (χ0) is 12.5. The van der Waals surface area contributed by atoms with E-state index >= 15 is 0 Å². The van der Waals surface area contributed by atoms with Gasteiger partial charge in [-0.1, -0.05) is 18.5 Å². The van der Waals surface area contributed by atoms with Crippen molar-refractivity contribution in [2.45, 2.75) is 44.8 Å². The van der Waals surface area contributed by atoms with E-state index in [1.54, 1.807) is 11.3 Å². The molecule has 1 aromatic heterocycles. The van der Waals surface area contributed by atoms with Gasteiger partial charge in [-0.3, -0.25) is 0 Å². The van der Waals surface area contributed by atoms with Crippen LogP contribution in [0.5, 0.6) is 0 Å². The van der Waals surface area contributed by atoms with Gasteiger partial charge in [-0.15, -0.1) is 11.3 Å². The molecule has 3 unspecified atom stereocenters. The van der Waals surface area contributed by atoms with E-state index in [4.69, 9.17) is 16.3 Å². The lowest BCUT2D eigenvalue weighted by molar-refractivity contribution is 0.0866. The maximum atomic E-state index is 6.09. The molecule has 1 aliphatic heterocycles. The SMILES string of the molecule is CCC1OCCC1CNC1CCc2sc(Cl)cc21. The topological polar surface area (TPSA) is 21.3 Å². The van der Waals surface area contributed by atoms with Crippen LogP contribution >= 0.6 is 22.9 Å². The Bertz CT molecular complexity index is 420. The number of hydrogen-bond acceptors (Lipinski definition) is 3. The first kappa shape index (κ1) is 12.9. The van der Waals surface area contributed by atoms with Crippen LogP contribution in [0.3, 0.4) is 0 Å². The second kappa shape index (κ2) is 5.49. The number of fused-ring (bicyclic) bond motifs is 1. The van der Waals surface area contributed by atoms with Gasteiger partial charge < -0.3 is 10.1 Å². The first-order chi connectivity index (χ1) is 8.78. The zero-order valence-electron chi connectivity index (χ0n) is 10.7. The summed E-state index contributed by atoms with van der Waals surface area (Å²) < 4.78 is 6.68. The van der Waals surface area contributed by atoms with Crippen molar-refractivity contribution in [2.24, 2.45) is 5.92 Å². The molecule has 3 rings (SSSR count). The van der Waals surface area contributed by atoms with E-state index < -0.39 is 0 Å². The maximum absolute atomic E-state index is 6.09. The molecule has 18 heavy (non-hydrogen) atoms. The molecule has 0 aromatic carbocycles. The number of ether oxygens (including phenoxy) is 1. The molecule has 1 fully saturated rings. The van der Waals surface area contributed by atoms with Crippen LogP contribution in [-0.2, 0) is 11.2 Å². The number of thiophene rings is 1. The molecule has 4 heteroatoms. The fourth-order valence-electron chi connectivity index (χ4n) is 3.21. The summed E-state index contributed by atoms with van der Waals surface area (Å²) in [5.41, 5.74) is 1.44. The van der Waals surface area contributed by atoms with Crippen molar-refractivity contribution in [3.05, 3.63) is 20.8 Å². The summed E-state index contributed by atoms with van der Waals surface area (Å²) in [5, 5.41) is 3.73. The van der Waals surface area contributed by atoms with E-state index in [1.165, 1.54) is 29.7 Å². The molecule has 2 aliphatic rings. The van der Waals surface area contributed by atoms with Crippen LogP contribution < -0.4 is 5.32 Å². The quantitative estimate of drug-likeness (QED) is 0.909. The zero-order valence-corrected chi connectivity index (χ0v) is 12.3. The van der Waals surface area contributed by atoms with E-state index in [0.717, 1.165) is 23.9 Å². The molecule has 0 amide bonds. The van der Waals surface area contributed by atoms with Gasteiger partial charge in [-0.2, -0.15) is 0 Å². The molecule has 0 bridgehead atoms. The Kier molecular flexibility index (Phi) is 3.94. The molecule has 0 spiro atoms. The van der Waals surface area contributed by atoms with Crippen molar-refractivity contribution in [1.82, 2.24) is 5.32 Å². The van der Waals surface area contributed by atoms with Crippen LogP contribution in [-0.4, -0.2) is 19.3 Å². The van der Waals surface area contributed by atoms with Crippen LogP contribution in [0.2, 0.25) is 4.34 Å². The summed E-state index contributed by atoms with van der Waals surface area (Å²) >= 11 is 7.83.